The Morgan fingerprint density at radius 1 is 1.56 bits per heavy atom. The van der Waals surface area contributed by atoms with Crippen molar-refractivity contribution in [3.05, 3.63) is 29.8 Å². The van der Waals surface area contributed by atoms with E-state index in [1.54, 1.807) is 31.2 Å². The highest BCUT2D eigenvalue weighted by atomic mass is 16.3. The molecule has 3 N–H and O–H groups in total. The van der Waals surface area contributed by atoms with Crippen molar-refractivity contribution in [2.75, 3.05) is 6.54 Å². The summed E-state index contributed by atoms with van der Waals surface area (Å²) < 4.78 is 0. The van der Waals surface area contributed by atoms with E-state index in [-0.39, 0.29) is 12.5 Å². The molecule has 1 heterocycles. The molecule has 0 unspecified atom stereocenters. The van der Waals surface area contributed by atoms with E-state index in [4.69, 9.17) is 5.11 Å². The Morgan fingerprint density at radius 2 is 2.39 bits per heavy atom. The fraction of sp³-hybridized carbons (Fsp3) is 0.273. The average Bonchev–Trinajstić information content (AvgIpc) is 2.90. The predicted molar refractivity (Wildman–Crippen MR) is 63.6 cm³/mol. The van der Waals surface area contributed by atoms with Crippen molar-refractivity contribution >= 4 is 5.91 Å². The molecule has 2 aromatic rings. The molecule has 0 aliphatic carbocycles. The van der Waals surface area contributed by atoms with Crippen LogP contribution in [0.2, 0.25) is 0 Å². The standard InChI is InChI=1S/C11H13N5O2/c1-7(17)6-12-11(18)9-4-2-3-8(5-9)10-13-15-16-14-10/h2-5,7,17H,6H2,1H3,(H,12,18)(H,13,14,15,16)/t7-/m1/s1. The van der Waals surface area contributed by atoms with Gasteiger partial charge in [-0.1, -0.05) is 12.1 Å². The normalized spacial score (nSPS) is 12.1. The maximum absolute atomic E-state index is 11.8. The van der Waals surface area contributed by atoms with Gasteiger partial charge in [0.15, 0.2) is 0 Å². The summed E-state index contributed by atoms with van der Waals surface area (Å²) in [4.78, 5) is 11.8. The summed E-state index contributed by atoms with van der Waals surface area (Å²) >= 11 is 0. The number of aliphatic hydroxyl groups is 1. The van der Waals surface area contributed by atoms with Gasteiger partial charge in [-0.25, -0.2) is 0 Å². The fourth-order valence-electron chi connectivity index (χ4n) is 1.43. The second-order valence-electron chi connectivity index (χ2n) is 3.88. The number of tetrazole rings is 1. The Hall–Kier alpha value is -2.28. The van der Waals surface area contributed by atoms with Crippen molar-refractivity contribution in [2.45, 2.75) is 13.0 Å². The summed E-state index contributed by atoms with van der Waals surface area (Å²) in [6.07, 6.45) is -0.575. The van der Waals surface area contributed by atoms with Crippen LogP contribution in [0.4, 0.5) is 0 Å². The maximum Gasteiger partial charge on any atom is 0.251 e. The molecule has 0 aliphatic rings. The first-order valence-electron chi connectivity index (χ1n) is 5.47. The van der Waals surface area contributed by atoms with E-state index in [2.05, 4.69) is 25.9 Å². The Kier molecular flexibility index (Phi) is 3.63. The van der Waals surface area contributed by atoms with Gasteiger partial charge < -0.3 is 10.4 Å². The van der Waals surface area contributed by atoms with Crippen LogP contribution in [0, 0.1) is 0 Å². The number of amides is 1. The zero-order valence-corrected chi connectivity index (χ0v) is 9.79. The van der Waals surface area contributed by atoms with Crippen molar-refractivity contribution in [1.82, 2.24) is 25.9 Å². The molecule has 7 nitrogen and oxygen atoms in total. The summed E-state index contributed by atoms with van der Waals surface area (Å²) in [6.45, 7) is 1.82. The molecule has 18 heavy (non-hydrogen) atoms. The predicted octanol–water partition coefficient (Wildman–Crippen LogP) is -0.0227. The van der Waals surface area contributed by atoms with Gasteiger partial charge in [-0.2, -0.15) is 5.21 Å². The topological polar surface area (TPSA) is 104 Å². The summed E-state index contributed by atoms with van der Waals surface area (Å²) in [7, 11) is 0. The summed E-state index contributed by atoms with van der Waals surface area (Å²) in [6, 6.07) is 6.88. The molecule has 2 rings (SSSR count). The van der Waals surface area contributed by atoms with E-state index in [9.17, 15) is 4.79 Å². The number of nitrogens with one attached hydrogen (secondary N) is 2. The number of carbonyl (C=O) groups excluding carboxylic acids is 1. The van der Waals surface area contributed by atoms with Crippen LogP contribution < -0.4 is 5.32 Å². The quantitative estimate of drug-likeness (QED) is 0.704. The zero-order valence-electron chi connectivity index (χ0n) is 9.79. The molecular formula is C11H13N5O2. The van der Waals surface area contributed by atoms with Gasteiger partial charge in [-0.05, 0) is 24.3 Å². The number of hydrogen-bond acceptors (Lipinski definition) is 5. The largest absolute Gasteiger partial charge is 0.392 e. The fourth-order valence-corrected chi connectivity index (χ4v) is 1.43. The molecule has 1 aromatic heterocycles. The number of aromatic nitrogens is 4. The third-order valence-electron chi connectivity index (χ3n) is 2.29. The Morgan fingerprint density at radius 3 is 3.06 bits per heavy atom. The minimum absolute atomic E-state index is 0.214. The van der Waals surface area contributed by atoms with Crippen LogP contribution in [0.5, 0.6) is 0 Å². The van der Waals surface area contributed by atoms with Crippen LogP contribution >= 0.6 is 0 Å². The first kappa shape index (κ1) is 12.2. The van der Waals surface area contributed by atoms with Crippen LogP contribution in [0.3, 0.4) is 0 Å². The number of aromatic amines is 1. The van der Waals surface area contributed by atoms with Crippen LogP contribution in [-0.2, 0) is 0 Å². The van der Waals surface area contributed by atoms with E-state index < -0.39 is 6.10 Å². The zero-order chi connectivity index (χ0) is 13.0. The van der Waals surface area contributed by atoms with E-state index in [1.165, 1.54) is 0 Å². The van der Waals surface area contributed by atoms with Gasteiger partial charge in [0.25, 0.3) is 5.91 Å². The highest BCUT2D eigenvalue weighted by Crippen LogP contribution is 2.14. The van der Waals surface area contributed by atoms with Gasteiger partial charge in [0.1, 0.15) is 0 Å². The molecule has 0 aliphatic heterocycles. The van der Waals surface area contributed by atoms with E-state index in [0.29, 0.717) is 17.0 Å². The van der Waals surface area contributed by atoms with Gasteiger partial charge in [-0.15, -0.1) is 10.2 Å². The molecule has 0 spiro atoms. The number of H-pyrrole nitrogens is 1. The van der Waals surface area contributed by atoms with E-state index in [1.807, 2.05) is 0 Å². The van der Waals surface area contributed by atoms with Crippen LogP contribution in [-0.4, -0.2) is 44.3 Å². The molecule has 0 saturated carbocycles. The molecule has 1 aromatic carbocycles. The molecule has 0 radical (unpaired) electrons. The minimum atomic E-state index is -0.575. The molecule has 1 atom stereocenters. The minimum Gasteiger partial charge on any atom is -0.392 e. The molecular weight excluding hydrogens is 234 g/mol. The average molecular weight is 247 g/mol. The summed E-state index contributed by atoms with van der Waals surface area (Å²) in [5.41, 5.74) is 1.19. The van der Waals surface area contributed by atoms with Gasteiger partial charge in [-0.3, -0.25) is 4.79 Å². The van der Waals surface area contributed by atoms with Crippen LogP contribution in [0.25, 0.3) is 11.4 Å². The number of aliphatic hydroxyl groups excluding tert-OH is 1. The third kappa shape index (κ3) is 2.89. The summed E-state index contributed by atoms with van der Waals surface area (Å²) in [5, 5.41) is 25.2. The van der Waals surface area contributed by atoms with Crippen LogP contribution in [0.15, 0.2) is 24.3 Å². The van der Waals surface area contributed by atoms with Crippen molar-refractivity contribution in [3.63, 3.8) is 0 Å². The SMILES string of the molecule is C[C@@H](O)CNC(=O)c1cccc(-c2nn[nH]n2)c1. The Bertz CT molecular complexity index is 524. The monoisotopic (exact) mass is 247 g/mol. The van der Waals surface area contributed by atoms with Crippen molar-refractivity contribution in [3.8, 4) is 11.4 Å². The van der Waals surface area contributed by atoms with E-state index >= 15 is 0 Å². The summed E-state index contributed by atoms with van der Waals surface area (Å²) in [5.74, 6) is 0.182. The lowest BCUT2D eigenvalue weighted by molar-refractivity contribution is 0.0924. The first-order valence-corrected chi connectivity index (χ1v) is 5.47. The van der Waals surface area contributed by atoms with Gasteiger partial charge >= 0.3 is 0 Å². The lowest BCUT2D eigenvalue weighted by Crippen LogP contribution is -2.30. The molecule has 0 bridgehead atoms. The number of rotatable bonds is 4. The van der Waals surface area contributed by atoms with Gasteiger partial charge in [0.05, 0.1) is 6.10 Å². The molecule has 1 amide bonds. The number of carbonyl (C=O) groups is 1. The van der Waals surface area contributed by atoms with Crippen molar-refractivity contribution in [2.24, 2.45) is 0 Å². The Labute approximate surface area is 103 Å². The molecule has 0 saturated heterocycles. The number of hydrogen-bond donors (Lipinski definition) is 3. The number of nitrogens with zero attached hydrogens (tertiary/aromatic N) is 3. The maximum atomic E-state index is 11.8. The molecule has 7 heteroatoms. The van der Waals surface area contributed by atoms with Crippen molar-refractivity contribution in [1.29, 1.82) is 0 Å². The van der Waals surface area contributed by atoms with Gasteiger partial charge in [0.2, 0.25) is 5.82 Å². The lowest BCUT2D eigenvalue weighted by atomic mass is 10.1. The van der Waals surface area contributed by atoms with Crippen LogP contribution in [0.1, 0.15) is 17.3 Å². The first-order chi connectivity index (χ1) is 8.66. The van der Waals surface area contributed by atoms with Crippen molar-refractivity contribution < 1.29 is 9.90 Å². The van der Waals surface area contributed by atoms with E-state index in [0.717, 1.165) is 0 Å². The third-order valence-corrected chi connectivity index (χ3v) is 2.29. The second kappa shape index (κ2) is 5.37. The second-order valence-corrected chi connectivity index (χ2v) is 3.88. The number of benzene rings is 1. The highest BCUT2D eigenvalue weighted by molar-refractivity contribution is 5.95. The smallest absolute Gasteiger partial charge is 0.251 e. The lowest BCUT2D eigenvalue weighted by Gasteiger charge is -2.07. The highest BCUT2D eigenvalue weighted by Gasteiger charge is 2.09. The molecule has 94 valence electrons. The Balaban J connectivity index is 2.15. The van der Waals surface area contributed by atoms with Gasteiger partial charge in [0, 0.05) is 17.7 Å². The molecule has 0 fully saturated rings.